The summed E-state index contributed by atoms with van der Waals surface area (Å²) >= 11 is 0. The van der Waals surface area contributed by atoms with Gasteiger partial charge >= 0.3 is 5.97 Å². The van der Waals surface area contributed by atoms with Gasteiger partial charge in [-0.15, -0.1) is 12.4 Å². The molecule has 190 valence electrons. The number of carboxylic acids is 1. The zero-order valence-electron chi connectivity index (χ0n) is 20.6. The number of aryl methyl sites for hydroxylation is 1. The van der Waals surface area contributed by atoms with Crippen molar-refractivity contribution in [2.45, 2.75) is 71.6 Å². The minimum atomic E-state index is -1.04. The maximum atomic E-state index is 12.0. The molecular formula is C25H42ClNO6. The second kappa shape index (κ2) is 18.4. The third-order valence-corrected chi connectivity index (χ3v) is 5.48. The number of rotatable bonds is 18. The molecule has 0 fully saturated rings. The van der Waals surface area contributed by atoms with Crippen LogP contribution in [0.1, 0.15) is 81.1 Å². The van der Waals surface area contributed by atoms with E-state index in [1.54, 1.807) is 20.3 Å². The van der Waals surface area contributed by atoms with E-state index in [-0.39, 0.29) is 35.5 Å². The fourth-order valence-electron chi connectivity index (χ4n) is 3.53. The van der Waals surface area contributed by atoms with Gasteiger partial charge in [-0.1, -0.05) is 45.6 Å². The number of carbonyl (C=O) groups excluding carboxylic acids is 1. The van der Waals surface area contributed by atoms with Crippen molar-refractivity contribution < 1.29 is 28.9 Å². The summed E-state index contributed by atoms with van der Waals surface area (Å²) in [6.07, 6.45) is 8.53. The summed E-state index contributed by atoms with van der Waals surface area (Å²) in [4.78, 5) is 23.6. The van der Waals surface area contributed by atoms with E-state index < -0.39 is 5.97 Å². The predicted molar refractivity (Wildman–Crippen MR) is 133 cm³/mol. The Bertz CT molecular complexity index is 698. The molecule has 0 aliphatic rings. The molecule has 7 nitrogen and oxygen atoms in total. The fourth-order valence-corrected chi connectivity index (χ4v) is 3.53. The summed E-state index contributed by atoms with van der Waals surface area (Å²) in [5.41, 5.74) is 1.05. The molecule has 0 radical (unpaired) electrons. The van der Waals surface area contributed by atoms with Crippen molar-refractivity contribution in [2.75, 3.05) is 34.0 Å². The van der Waals surface area contributed by atoms with Crippen LogP contribution in [-0.2, 0) is 16.0 Å². The number of benzene rings is 1. The van der Waals surface area contributed by atoms with E-state index in [1.807, 2.05) is 13.0 Å². The smallest absolute Gasteiger partial charge is 0.339 e. The highest BCUT2D eigenvalue weighted by molar-refractivity contribution is 5.92. The van der Waals surface area contributed by atoms with Gasteiger partial charge in [-0.3, -0.25) is 4.79 Å². The van der Waals surface area contributed by atoms with Crippen molar-refractivity contribution in [2.24, 2.45) is 5.92 Å². The van der Waals surface area contributed by atoms with Gasteiger partial charge in [0, 0.05) is 32.6 Å². The van der Waals surface area contributed by atoms with Crippen molar-refractivity contribution in [3.8, 4) is 11.5 Å². The molecule has 2 N–H and O–H groups in total. The molecule has 0 saturated heterocycles. The summed E-state index contributed by atoms with van der Waals surface area (Å²) in [6.45, 7) is 5.77. The molecule has 1 amide bonds. The summed E-state index contributed by atoms with van der Waals surface area (Å²) in [5, 5.41) is 12.5. The molecule has 0 heterocycles. The van der Waals surface area contributed by atoms with E-state index in [1.165, 1.54) is 0 Å². The number of hydrogen-bond acceptors (Lipinski definition) is 5. The molecule has 8 heteroatoms. The van der Waals surface area contributed by atoms with E-state index in [4.69, 9.17) is 14.2 Å². The number of unbranched alkanes of at least 4 members (excludes halogenated alkanes) is 4. The van der Waals surface area contributed by atoms with Crippen LogP contribution in [0.25, 0.3) is 0 Å². The number of carbonyl (C=O) groups is 2. The monoisotopic (exact) mass is 487 g/mol. The molecule has 0 bridgehead atoms. The van der Waals surface area contributed by atoms with Crippen LogP contribution in [0.3, 0.4) is 0 Å². The first kappa shape index (κ1) is 31.0. The van der Waals surface area contributed by atoms with Gasteiger partial charge in [-0.25, -0.2) is 4.79 Å². The molecule has 0 unspecified atom stereocenters. The Kier molecular flexibility index (Phi) is 17.3. The number of carboxylic acid groups (broad SMARTS) is 1. The lowest BCUT2D eigenvalue weighted by Crippen LogP contribution is -2.29. The average Bonchev–Trinajstić information content (AvgIpc) is 2.78. The van der Waals surface area contributed by atoms with Gasteiger partial charge < -0.3 is 24.6 Å². The Balaban J connectivity index is 0.0000102. The van der Waals surface area contributed by atoms with Crippen molar-refractivity contribution >= 4 is 24.3 Å². The second-order valence-electron chi connectivity index (χ2n) is 8.13. The number of hydrogen-bond donors (Lipinski definition) is 2. The molecule has 1 aromatic rings. The quantitative estimate of drug-likeness (QED) is 0.274. The molecule has 0 saturated carbocycles. The Hall–Kier alpha value is -1.99. The number of nitrogens with one attached hydrogen (secondary N) is 1. The standard InChI is InChI=1S/C25H41NO6.ClH/c1-5-6-16-26-24(27)19(2)12-9-7-8-10-13-20-14-15-21(25(28)29)23(22(20)31-4)32-18-11-17-30-3;/h14-15,19H,5-13,16-18H2,1-4H3,(H,26,27)(H,28,29);1H/t19-;/m1./s1. The SMILES string of the molecule is CCCCNC(=O)[C@H](C)CCCCCCc1ccc(C(=O)O)c(OCCCOC)c1OC.Cl. The highest BCUT2D eigenvalue weighted by atomic mass is 35.5. The van der Waals surface area contributed by atoms with Gasteiger partial charge in [0.2, 0.25) is 5.91 Å². The molecule has 0 spiro atoms. The molecule has 0 aliphatic carbocycles. The topological polar surface area (TPSA) is 94.1 Å². The predicted octanol–water partition coefficient (Wildman–Crippen LogP) is 5.28. The molecule has 1 aromatic carbocycles. The average molecular weight is 488 g/mol. The maximum absolute atomic E-state index is 12.0. The molecule has 0 aromatic heterocycles. The number of methoxy groups -OCH3 is 2. The van der Waals surface area contributed by atoms with Gasteiger partial charge in [0.1, 0.15) is 5.56 Å². The first-order valence-corrected chi connectivity index (χ1v) is 11.8. The number of halogens is 1. The minimum absolute atomic E-state index is 0. The third kappa shape index (κ3) is 11.6. The number of aromatic carboxylic acids is 1. The summed E-state index contributed by atoms with van der Waals surface area (Å²) in [5.74, 6) is -0.0475. The molecule has 33 heavy (non-hydrogen) atoms. The molecular weight excluding hydrogens is 446 g/mol. The molecule has 1 atom stereocenters. The Morgan fingerprint density at radius 3 is 2.36 bits per heavy atom. The van der Waals surface area contributed by atoms with Crippen LogP contribution >= 0.6 is 12.4 Å². The lowest BCUT2D eigenvalue weighted by atomic mass is 9.99. The highest BCUT2D eigenvalue weighted by Gasteiger charge is 2.20. The largest absolute Gasteiger partial charge is 0.493 e. The van der Waals surface area contributed by atoms with Crippen LogP contribution in [0.2, 0.25) is 0 Å². The second-order valence-corrected chi connectivity index (χ2v) is 8.13. The highest BCUT2D eigenvalue weighted by Crippen LogP contribution is 2.36. The molecule has 0 aliphatic heterocycles. The van der Waals surface area contributed by atoms with E-state index in [9.17, 15) is 14.7 Å². The van der Waals surface area contributed by atoms with Crippen molar-refractivity contribution in [3.05, 3.63) is 23.3 Å². The van der Waals surface area contributed by atoms with Crippen molar-refractivity contribution in [1.29, 1.82) is 0 Å². The van der Waals surface area contributed by atoms with Crippen molar-refractivity contribution in [3.63, 3.8) is 0 Å². The lowest BCUT2D eigenvalue weighted by Gasteiger charge is -2.17. The minimum Gasteiger partial charge on any atom is -0.493 e. The number of amides is 1. The first-order valence-electron chi connectivity index (χ1n) is 11.8. The van der Waals surface area contributed by atoms with Crippen LogP contribution in [-0.4, -0.2) is 51.0 Å². The molecule has 1 rings (SSSR count). The Morgan fingerprint density at radius 1 is 1.00 bits per heavy atom. The van der Waals surface area contributed by atoms with E-state index in [0.29, 0.717) is 25.4 Å². The van der Waals surface area contributed by atoms with Crippen LogP contribution in [0, 0.1) is 5.92 Å². The number of ether oxygens (including phenoxy) is 3. The summed E-state index contributed by atoms with van der Waals surface area (Å²) in [6, 6.07) is 3.40. The maximum Gasteiger partial charge on any atom is 0.339 e. The Morgan fingerprint density at radius 2 is 1.73 bits per heavy atom. The normalized spacial score (nSPS) is 11.4. The van der Waals surface area contributed by atoms with E-state index in [2.05, 4.69) is 12.2 Å². The van der Waals surface area contributed by atoms with Crippen LogP contribution < -0.4 is 14.8 Å². The van der Waals surface area contributed by atoms with E-state index >= 15 is 0 Å². The summed E-state index contributed by atoms with van der Waals surface area (Å²) < 4.78 is 16.3. The Labute approximate surface area is 205 Å². The van der Waals surface area contributed by atoms with Gasteiger partial charge in [0.05, 0.1) is 13.7 Å². The van der Waals surface area contributed by atoms with Crippen LogP contribution in [0.15, 0.2) is 12.1 Å². The van der Waals surface area contributed by atoms with Crippen LogP contribution in [0.4, 0.5) is 0 Å². The van der Waals surface area contributed by atoms with Gasteiger partial charge in [-0.05, 0) is 37.3 Å². The summed E-state index contributed by atoms with van der Waals surface area (Å²) in [7, 11) is 3.16. The van der Waals surface area contributed by atoms with Gasteiger partial charge in [0.25, 0.3) is 0 Å². The first-order chi connectivity index (χ1) is 15.5. The van der Waals surface area contributed by atoms with Crippen molar-refractivity contribution in [1.82, 2.24) is 5.32 Å². The van der Waals surface area contributed by atoms with E-state index in [0.717, 1.165) is 63.5 Å². The zero-order valence-corrected chi connectivity index (χ0v) is 21.4. The van der Waals surface area contributed by atoms with Gasteiger partial charge in [0.15, 0.2) is 11.5 Å². The fraction of sp³-hybridized carbons (Fsp3) is 0.680. The van der Waals surface area contributed by atoms with Crippen LogP contribution in [0.5, 0.6) is 11.5 Å². The lowest BCUT2D eigenvalue weighted by molar-refractivity contribution is -0.124. The zero-order chi connectivity index (χ0) is 23.8. The third-order valence-electron chi connectivity index (χ3n) is 5.48. The van der Waals surface area contributed by atoms with Gasteiger partial charge in [-0.2, -0.15) is 0 Å².